The Morgan fingerprint density at radius 3 is 3.09 bits per heavy atom. The minimum Gasteiger partial charge on any atom is -0.353 e. The minimum absolute atomic E-state index is 0.0423. The zero-order chi connectivity index (χ0) is 15.5. The maximum Gasteiger partial charge on any atom is 0.350 e. The van der Waals surface area contributed by atoms with Crippen molar-refractivity contribution >= 4 is 11.6 Å². The Hall–Kier alpha value is -2.15. The Morgan fingerprint density at radius 2 is 2.32 bits per heavy atom. The van der Waals surface area contributed by atoms with E-state index in [0.717, 1.165) is 19.5 Å². The Balaban J connectivity index is 1.61. The van der Waals surface area contributed by atoms with Crippen LogP contribution >= 0.6 is 0 Å². The molecule has 0 spiro atoms. The van der Waals surface area contributed by atoms with E-state index in [1.54, 1.807) is 18.3 Å². The van der Waals surface area contributed by atoms with Crippen LogP contribution in [-0.2, 0) is 11.3 Å². The summed E-state index contributed by atoms with van der Waals surface area (Å²) < 4.78 is 2.64. The summed E-state index contributed by atoms with van der Waals surface area (Å²) in [5, 5.41) is 7.08. The quantitative estimate of drug-likeness (QED) is 0.850. The maximum absolute atomic E-state index is 12.1. The van der Waals surface area contributed by atoms with E-state index in [9.17, 15) is 9.59 Å². The molecule has 0 bridgehead atoms. The SMILES string of the molecule is CCN1CCC[C@H]1CNC(=O)Cn1nc2ccccn2c1=O. The standard InChI is InChI=1S/C15H21N5O2/c1-2-18-8-5-6-12(18)10-16-14(21)11-20-15(22)19-9-4-3-7-13(19)17-20/h3-4,7,9,12H,2,5-6,8,10-11H2,1H3,(H,16,21)/t12-/m0/s1. The van der Waals surface area contributed by atoms with E-state index in [2.05, 4.69) is 22.2 Å². The zero-order valence-electron chi connectivity index (χ0n) is 12.7. The molecule has 0 saturated carbocycles. The van der Waals surface area contributed by atoms with E-state index in [1.165, 1.54) is 15.5 Å². The average molecular weight is 303 g/mol. The number of carbonyl (C=O) groups is 1. The molecule has 2 aromatic heterocycles. The first-order valence-electron chi connectivity index (χ1n) is 7.74. The van der Waals surface area contributed by atoms with Crippen LogP contribution < -0.4 is 11.0 Å². The molecule has 1 atom stereocenters. The van der Waals surface area contributed by atoms with Gasteiger partial charge in [-0.25, -0.2) is 9.48 Å². The number of likely N-dealkylation sites (N-methyl/N-ethyl adjacent to an activating group) is 1. The summed E-state index contributed by atoms with van der Waals surface area (Å²) in [6.07, 6.45) is 3.94. The third-order valence-corrected chi connectivity index (χ3v) is 4.22. The van der Waals surface area contributed by atoms with Crippen molar-refractivity contribution in [1.29, 1.82) is 0 Å². The van der Waals surface area contributed by atoms with E-state index in [-0.39, 0.29) is 18.1 Å². The second-order valence-corrected chi connectivity index (χ2v) is 5.60. The topological polar surface area (TPSA) is 71.6 Å². The lowest BCUT2D eigenvalue weighted by molar-refractivity contribution is -0.122. The van der Waals surface area contributed by atoms with Gasteiger partial charge >= 0.3 is 5.69 Å². The summed E-state index contributed by atoms with van der Waals surface area (Å²) in [5.41, 5.74) is 0.259. The van der Waals surface area contributed by atoms with Gasteiger partial charge in [-0.05, 0) is 38.1 Å². The molecule has 1 aliphatic rings. The fraction of sp³-hybridized carbons (Fsp3) is 0.533. The van der Waals surface area contributed by atoms with Gasteiger partial charge in [0.25, 0.3) is 0 Å². The molecule has 118 valence electrons. The first-order valence-corrected chi connectivity index (χ1v) is 7.74. The molecule has 2 aromatic rings. The number of nitrogens with one attached hydrogen (secondary N) is 1. The molecule has 3 heterocycles. The third kappa shape index (κ3) is 2.89. The molecule has 22 heavy (non-hydrogen) atoms. The second-order valence-electron chi connectivity index (χ2n) is 5.60. The summed E-state index contributed by atoms with van der Waals surface area (Å²) in [6.45, 7) is 4.83. The Bertz CT molecular complexity index is 720. The smallest absolute Gasteiger partial charge is 0.350 e. The molecule has 7 heteroatoms. The van der Waals surface area contributed by atoms with Gasteiger partial charge in [-0.1, -0.05) is 13.0 Å². The van der Waals surface area contributed by atoms with Crippen molar-refractivity contribution in [2.45, 2.75) is 32.4 Å². The molecule has 1 fully saturated rings. The number of likely N-dealkylation sites (tertiary alicyclic amines) is 1. The van der Waals surface area contributed by atoms with Crippen LogP contribution in [0, 0.1) is 0 Å². The van der Waals surface area contributed by atoms with Crippen LogP contribution in [-0.4, -0.2) is 50.7 Å². The highest BCUT2D eigenvalue weighted by molar-refractivity contribution is 5.75. The number of hydrogen-bond donors (Lipinski definition) is 1. The van der Waals surface area contributed by atoms with Gasteiger partial charge in [0.05, 0.1) is 0 Å². The molecule has 0 aromatic carbocycles. The van der Waals surface area contributed by atoms with Crippen LogP contribution in [0.25, 0.3) is 5.65 Å². The van der Waals surface area contributed by atoms with E-state index in [1.807, 2.05) is 6.07 Å². The van der Waals surface area contributed by atoms with Crippen LogP contribution in [0.2, 0.25) is 0 Å². The van der Waals surface area contributed by atoms with Gasteiger partial charge in [0.2, 0.25) is 5.91 Å². The lowest BCUT2D eigenvalue weighted by Crippen LogP contribution is -2.41. The molecular formula is C15H21N5O2. The molecule has 0 unspecified atom stereocenters. The Labute approximate surface area is 128 Å². The Kier molecular flexibility index (Phi) is 4.24. The average Bonchev–Trinajstić information content (AvgIpc) is 3.11. The lowest BCUT2D eigenvalue weighted by Gasteiger charge is -2.22. The van der Waals surface area contributed by atoms with Crippen molar-refractivity contribution in [3.8, 4) is 0 Å². The summed E-state index contributed by atoms with van der Waals surface area (Å²) in [6, 6.07) is 5.73. The zero-order valence-corrected chi connectivity index (χ0v) is 12.7. The number of fused-ring (bicyclic) bond motifs is 1. The molecule has 0 radical (unpaired) electrons. The van der Waals surface area contributed by atoms with Crippen molar-refractivity contribution in [2.24, 2.45) is 0 Å². The molecule has 1 saturated heterocycles. The lowest BCUT2D eigenvalue weighted by atomic mass is 10.2. The van der Waals surface area contributed by atoms with E-state index in [4.69, 9.17) is 0 Å². The van der Waals surface area contributed by atoms with Gasteiger partial charge in [0, 0.05) is 18.8 Å². The summed E-state index contributed by atoms with van der Waals surface area (Å²) >= 11 is 0. The number of pyridine rings is 1. The normalized spacial score (nSPS) is 18.9. The van der Waals surface area contributed by atoms with Crippen molar-refractivity contribution in [3.63, 3.8) is 0 Å². The molecule has 1 N–H and O–H groups in total. The van der Waals surface area contributed by atoms with Crippen LogP contribution in [0.4, 0.5) is 0 Å². The number of nitrogens with zero attached hydrogens (tertiary/aromatic N) is 4. The fourth-order valence-electron chi connectivity index (χ4n) is 3.04. The van der Waals surface area contributed by atoms with E-state index >= 15 is 0 Å². The molecule has 3 rings (SSSR count). The Morgan fingerprint density at radius 1 is 1.45 bits per heavy atom. The van der Waals surface area contributed by atoms with Crippen LogP contribution in [0.1, 0.15) is 19.8 Å². The molecule has 1 aliphatic heterocycles. The predicted octanol–water partition coefficient (Wildman–Crippen LogP) is 0.0965. The molecular weight excluding hydrogens is 282 g/mol. The van der Waals surface area contributed by atoms with Gasteiger partial charge < -0.3 is 5.32 Å². The number of hydrogen-bond acceptors (Lipinski definition) is 4. The number of rotatable bonds is 5. The highest BCUT2D eigenvalue weighted by Crippen LogP contribution is 2.15. The van der Waals surface area contributed by atoms with Gasteiger partial charge in [-0.3, -0.25) is 14.1 Å². The van der Waals surface area contributed by atoms with Crippen LogP contribution in [0.5, 0.6) is 0 Å². The van der Waals surface area contributed by atoms with E-state index < -0.39 is 0 Å². The van der Waals surface area contributed by atoms with Gasteiger partial charge in [-0.2, -0.15) is 0 Å². The van der Waals surface area contributed by atoms with Gasteiger partial charge in [0.1, 0.15) is 6.54 Å². The maximum atomic E-state index is 12.1. The summed E-state index contributed by atoms with van der Waals surface area (Å²) in [7, 11) is 0. The van der Waals surface area contributed by atoms with Gasteiger partial charge in [0.15, 0.2) is 5.65 Å². The van der Waals surface area contributed by atoms with Crippen molar-refractivity contribution in [2.75, 3.05) is 19.6 Å². The van der Waals surface area contributed by atoms with Crippen molar-refractivity contribution < 1.29 is 4.79 Å². The fourth-order valence-corrected chi connectivity index (χ4v) is 3.04. The first kappa shape index (κ1) is 14.8. The number of amides is 1. The minimum atomic E-state index is -0.290. The highest BCUT2D eigenvalue weighted by atomic mass is 16.2. The van der Waals surface area contributed by atoms with Crippen molar-refractivity contribution in [1.82, 2.24) is 24.4 Å². The predicted molar refractivity (Wildman–Crippen MR) is 82.7 cm³/mol. The molecule has 7 nitrogen and oxygen atoms in total. The van der Waals surface area contributed by atoms with Crippen LogP contribution in [0.3, 0.4) is 0 Å². The van der Waals surface area contributed by atoms with Crippen LogP contribution in [0.15, 0.2) is 29.2 Å². The first-order chi connectivity index (χ1) is 10.7. The largest absolute Gasteiger partial charge is 0.353 e. The summed E-state index contributed by atoms with van der Waals surface area (Å²) in [5.74, 6) is -0.173. The number of aromatic nitrogens is 3. The monoisotopic (exact) mass is 303 g/mol. The molecule has 1 amide bonds. The second kappa shape index (κ2) is 6.31. The highest BCUT2D eigenvalue weighted by Gasteiger charge is 2.23. The van der Waals surface area contributed by atoms with Crippen molar-refractivity contribution in [3.05, 3.63) is 34.9 Å². The number of carbonyl (C=O) groups excluding carboxylic acids is 1. The molecule has 0 aliphatic carbocycles. The van der Waals surface area contributed by atoms with Gasteiger partial charge in [-0.15, -0.1) is 5.10 Å². The van der Waals surface area contributed by atoms with E-state index in [0.29, 0.717) is 18.2 Å². The third-order valence-electron chi connectivity index (χ3n) is 4.22. The summed E-state index contributed by atoms with van der Waals surface area (Å²) in [4.78, 5) is 26.5.